The predicted molar refractivity (Wildman–Crippen MR) is 92.3 cm³/mol. The van der Waals surface area contributed by atoms with E-state index in [4.69, 9.17) is 34.8 Å². The summed E-state index contributed by atoms with van der Waals surface area (Å²) in [6.07, 6.45) is 0. The fraction of sp³-hybridized carbons (Fsp3) is 0.0625. The average Bonchev–Trinajstić information content (AvgIpc) is 2.81. The van der Waals surface area contributed by atoms with Crippen molar-refractivity contribution in [2.45, 2.75) is 0 Å². The lowest BCUT2D eigenvalue weighted by molar-refractivity contribution is 0.102. The summed E-state index contributed by atoms with van der Waals surface area (Å²) < 4.78 is 1.79. The van der Waals surface area contributed by atoms with Crippen molar-refractivity contribution in [2.24, 2.45) is 7.05 Å². The second-order valence-electron chi connectivity index (χ2n) is 4.84. The molecule has 3 aromatic rings. The van der Waals surface area contributed by atoms with Gasteiger partial charge in [0.25, 0.3) is 5.91 Å². The van der Waals surface area contributed by atoms with E-state index in [2.05, 4.69) is 5.32 Å². The van der Waals surface area contributed by atoms with Crippen molar-refractivity contribution in [3.63, 3.8) is 0 Å². The Hall–Kier alpha value is -1.68. The second-order valence-corrected chi connectivity index (χ2v) is 6.09. The molecule has 0 aliphatic heterocycles. The number of benzene rings is 2. The van der Waals surface area contributed by atoms with Gasteiger partial charge in [-0.25, -0.2) is 0 Å². The Morgan fingerprint density at radius 2 is 1.82 bits per heavy atom. The van der Waals surface area contributed by atoms with Gasteiger partial charge >= 0.3 is 0 Å². The molecule has 0 aliphatic carbocycles. The summed E-state index contributed by atoms with van der Waals surface area (Å²) in [6.45, 7) is 0. The van der Waals surface area contributed by atoms with Crippen molar-refractivity contribution in [1.82, 2.24) is 4.57 Å². The Labute approximate surface area is 142 Å². The first-order valence-electron chi connectivity index (χ1n) is 6.47. The lowest BCUT2D eigenvalue weighted by atomic mass is 10.2. The molecule has 3 rings (SSSR count). The number of carbonyl (C=O) groups excluding carboxylic acids is 1. The third-order valence-corrected chi connectivity index (χ3v) is 4.32. The third kappa shape index (κ3) is 2.68. The number of carbonyl (C=O) groups is 1. The van der Waals surface area contributed by atoms with Gasteiger partial charge < -0.3 is 9.88 Å². The topological polar surface area (TPSA) is 34.0 Å². The first-order valence-corrected chi connectivity index (χ1v) is 7.61. The van der Waals surface area contributed by atoms with Gasteiger partial charge in [0.05, 0.1) is 10.7 Å². The van der Waals surface area contributed by atoms with E-state index in [1.54, 1.807) is 34.9 Å². The molecule has 0 saturated heterocycles. The molecule has 2 aromatic carbocycles. The molecule has 0 fully saturated rings. The van der Waals surface area contributed by atoms with Gasteiger partial charge in [0.15, 0.2) is 0 Å². The van der Waals surface area contributed by atoms with Crippen LogP contribution in [0.4, 0.5) is 5.69 Å². The standard InChI is InChI=1S/C16H11Cl3N2O/c1-21-14-4-2-3-11(18)10(14)8-15(21)16(22)20-13-6-5-9(17)7-12(13)19/h2-8H,1H3,(H,20,22). The van der Waals surface area contributed by atoms with Crippen LogP contribution in [0.5, 0.6) is 0 Å². The Morgan fingerprint density at radius 3 is 2.50 bits per heavy atom. The van der Waals surface area contributed by atoms with Crippen LogP contribution in [0.2, 0.25) is 15.1 Å². The van der Waals surface area contributed by atoms with E-state index in [0.717, 1.165) is 10.9 Å². The highest BCUT2D eigenvalue weighted by atomic mass is 35.5. The van der Waals surface area contributed by atoms with Crippen LogP contribution >= 0.6 is 34.8 Å². The van der Waals surface area contributed by atoms with Gasteiger partial charge in [-0.15, -0.1) is 0 Å². The van der Waals surface area contributed by atoms with Gasteiger partial charge in [0, 0.05) is 28.0 Å². The minimum Gasteiger partial charge on any atom is -0.340 e. The van der Waals surface area contributed by atoms with Crippen LogP contribution in [-0.4, -0.2) is 10.5 Å². The van der Waals surface area contributed by atoms with Crippen LogP contribution in [0, 0.1) is 0 Å². The number of halogens is 3. The largest absolute Gasteiger partial charge is 0.340 e. The van der Waals surface area contributed by atoms with E-state index in [1.165, 1.54) is 0 Å². The number of anilines is 1. The number of rotatable bonds is 2. The monoisotopic (exact) mass is 352 g/mol. The molecule has 0 unspecified atom stereocenters. The molecular weight excluding hydrogens is 343 g/mol. The summed E-state index contributed by atoms with van der Waals surface area (Å²) in [5, 5.41) is 5.12. The Balaban J connectivity index is 1.99. The van der Waals surface area contributed by atoms with Crippen molar-refractivity contribution in [1.29, 1.82) is 0 Å². The molecule has 3 nitrogen and oxygen atoms in total. The van der Waals surface area contributed by atoms with Crippen LogP contribution in [0.15, 0.2) is 42.5 Å². The van der Waals surface area contributed by atoms with E-state index in [1.807, 2.05) is 19.2 Å². The number of aryl methyl sites for hydroxylation is 1. The summed E-state index contributed by atoms with van der Waals surface area (Å²) >= 11 is 18.1. The molecule has 6 heteroatoms. The van der Waals surface area contributed by atoms with Crippen molar-refractivity contribution < 1.29 is 4.79 Å². The average molecular weight is 354 g/mol. The predicted octanol–water partition coefficient (Wildman–Crippen LogP) is 5.39. The summed E-state index contributed by atoms with van der Waals surface area (Å²) in [6, 6.07) is 12.2. The van der Waals surface area contributed by atoms with Crippen molar-refractivity contribution in [2.75, 3.05) is 5.32 Å². The van der Waals surface area contributed by atoms with Gasteiger partial charge in [-0.3, -0.25) is 4.79 Å². The number of fused-ring (bicyclic) bond motifs is 1. The quantitative estimate of drug-likeness (QED) is 0.658. The number of nitrogens with zero attached hydrogens (tertiary/aromatic N) is 1. The molecule has 1 N–H and O–H groups in total. The minimum atomic E-state index is -0.265. The number of amides is 1. The zero-order valence-corrected chi connectivity index (χ0v) is 13.8. The van der Waals surface area contributed by atoms with Gasteiger partial charge in [0.2, 0.25) is 0 Å². The molecule has 0 bridgehead atoms. The van der Waals surface area contributed by atoms with E-state index in [0.29, 0.717) is 26.4 Å². The molecule has 112 valence electrons. The maximum Gasteiger partial charge on any atom is 0.272 e. The zero-order chi connectivity index (χ0) is 15.9. The van der Waals surface area contributed by atoms with Crippen LogP contribution < -0.4 is 5.32 Å². The molecule has 0 aliphatic rings. The van der Waals surface area contributed by atoms with Crippen molar-refractivity contribution in [3.05, 3.63) is 63.2 Å². The van der Waals surface area contributed by atoms with Crippen molar-refractivity contribution >= 4 is 57.3 Å². The summed E-state index contributed by atoms with van der Waals surface area (Å²) in [5.41, 5.74) is 1.89. The Bertz CT molecular complexity index is 886. The lowest BCUT2D eigenvalue weighted by Crippen LogP contribution is -2.15. The van der Waals surface area contributed by atoms with Gasteiger partial charge in [-0.2, -0.15) is 0 Å². The second kappa shape index (κ2) is 5.84. The van der Waals surface area contributed by atoms with Crippen molar-refractivity contribution in [3.8, 4) is 0 Å². The van der Waals surface area contributed by atoms with Crippen LogP contribution in [0.25, 0.3) is 10.9 Å². The molecule has 1 aromatic heterocycles. The summed E-state index contributed by atoms with van der Waals surface area (Å²) in [5.74, 6) is -0.265. The summed E-state index contributed by atoms with van der Waals surface area (Å²) in [4.78, 5) is 12.5. The maximum atomic E-state index is 12.5. The van der Waals surface area contributed by atoms with E-state index >= 15 is 0 Å². The first-order chi connectivity index (χ1) is 10.5. The third-order valence-electron chi connectivity index (χ3n) is 3.45. The van der Waals surface area contributed by atoms with E-state index in [9.17, 15) is 4.79 Å². The number of hydrogen-bond donors (Lipinski definition) is 1. The van der Waals surface area contributed by atoms with Gasteiger partial charge in [0.1, 0.15) is 5.69 Å². The van der Waals surface area contributed by atoms with Gasteiger partial charge in [-0.1, -0.05) is 40.9 Å². The Morgan fingerprint density at radius 1 is 1.05 bits per heavy atom. The van der Waals surface area contributed by atoms with E-state index < -0.39 is 0 Å². The van der Waals surface area contributed by atoms with Crippen LogP contribution in [0.3, 0.4) is 0 Å². The summed E-state index contributed by atoms with van der Waals surface area (Å²) in [7, 11) is 1.82. The molecule has 0 atom stereocenters. The van der Waals surface area contributed by atoms with E-state index in [-0.39, 0.29) is 5.91 Å². The highest BCUT2D eigenvalue weighted by Gasteiger charge is 2.16. The smallest absolute Gasteiger partial charge is 0.272 e. The van der Waals surface area contributed by atoms with Crippen LogP contribution in [-0.2, 0) is 7.05 Å². The first kappa shape index (κ1) is 15.2. The minimum absolute atomic E-state index is 0.265. The highest BCUT2D eigenvalue weighted by molar-refractivity contribution is 6.37. The fourth-order valence-corrected chi connectivity index (χ4v) is 3.00. The fourth-order valence-electron chi connectivity index (χ4n) is 2.32. The molecule has 1 heterocycles. The maximum absolute atomic E-state index is 12.5. The number of nitrogens with one attached hydrogen (secondary N) is 1. The van der Waals surface area contributed by atoms with Gasteiger partial charge in [-0.05, 0) is 36.4 Å². The SMILES string of the molecule is Cn1c(C(=O)Nc2ccc(Cl)cc2Cl)cc2c(Cl)cccc21. The molecule has 1 amide bonds. The molecule has 22 heavy (non-hydrogen) atoms. The molecule has 0 saturated carbocycles. The zero-order valence-electron chi connectivity index (χ0n) is 11.5. The normalized spacial score (nSPS) is 10.9. The highest BCUT2D eigenvalue weighted by Crippen LogP contribution is 2.28. The number of aromatic nitrogens is 1. The number of hydrogen-bond acceptors (Lipinski definition) is 1. The molecule has 0 spiro atoms. The molecule has 0 radical (unpaired) electrons. The molecular formula is C16H11Cl3N2O. The lowest BCUT2D eigenvalue weighted by Gasteiger charge is -2.08. The Kier molecular flexibility index (Phi) is 4.04. The van der Waals surface area contributed by atoms with Crippen LogP contribution in [0.1, 0.15) is 10.5 Å².